The van der Waals surface area contributed by atoms with E-state index in [4.69, 9.17) is 9.84 Å². The molecule has 1 aromatic heterocycles. The summed E-state index contributed by atoms with van der Waals surface area (Å²) in [5.74, 6) is 0. The Bertz CT molecular complexity index is 617. The van der Waals surface area contributed by atoms with Gasteiger partial charge >= 0.3 is 0 Å². The van der Waals surface area contributed by atoms with Crippen molar-refractivity contribution in [2.24, 2.45) is 0 Å². The highest BCUT2D eigenvalue weighted by Crippen LogP contribution is 2.32. The van der Waals surface area contributed by atoms with Crippen LogP contribution in [0.2, 0.25) is 0 Å². The van der Waals surface area contributed by atoms with Crippen molar-refractivity contribution in [2.75, 3.05) is 20.2 Å². The summed E-state index contributed by atoms with van der Waals surface area (Å²) < 4.78 is 8.20. The number of ether oxygens (including phenoxy) is 1. The van der Waals surface area contributed by atoms with Gasteiger partial charge in [0.15, 0.2) is 0 Å². The standard InChI is InChI=1S/C16H21N3O/c1-18(12-5-4-6-12)11-15-16-13-7-2-3-8-14(13)17-19(16)9-10-20-15/h2-3,7-8,12,15H,4-6,9-11H2,1H3. The molecule has 1 aliphatic carbocycles. The number of fused-ring (bicyclic) bond motifs is 3. The van der Waals surface area contributed by atoms with E-state index in [9.17, 15) is 0 Å². The van der Waals surface area contributed by atoms with Crippen LogP contribution in [0.15, 0.2) is 24.3 Å². The van der Waals surface area contributed by atoms with Crippen LogP contribution in [0.3, 0.4) is 0 Å². The van der Waals surface area contributed by atoms with Crippen LogP contribution in [0.4, 0.5) is 0 Å². The minimum Gasteiger partial charge on any atom is -0.369 e. The summed E-state index contributed by atoms with van der Waals surface area (Å²) in [7, 11) is 2.23. The largest absolute Gasteiger partial charge is 0.369 e. The zero-order valence-corrected chi connectivity index (χ0v) is 12.0. The molecular weight excluding hydrogens is 250 g/mol. The molecule has 4 rings (SSSR count). The van der Waals surface area contributed by atoms with E-state index in [2.05, 4.69) is 40.9 Å². The Kier molecular flexibility index (Phi) is 3.00. The molecule has 1 aromatic carbocycles. The number of likely N-dealkylation sites (N-methyl/N-ethyl adjacent to an activating group) is 1. The third-order valence-corrected chi connectivity index (χ3v) is 4.77. The molecule has 20 heavy (non-hydrogen) atoms. The molecule has 2 heterocycles. The van der Waals surface area contributed by atoms with Crippen LogP contribution in [0.25, 0.3) is 10.9 Å². The fourth-order valence-electron chi connectivity index (χ4n) is 3.35. The van der Waals surface area contributed by atoms with Crippen LogP contribution in [0.1, 0.15) is 31.1 Å². The Balaban J connectivity index is 1.66. The monoisotopic (exact) mass is 271 g/mol. The van der Waals surface area contributed by atoms with Crippen molar-refractivity contribution in [3.63, 3.8) is 0 Å². The molecular formula is C16H21N3O. The van der Waals surface area contributed by atoms with E-state index in [1.165, 1.54) is 30.3 Å². The van der Waals surface area contributed by atoms with Gasteiger partial charge in [-0.3, -0.25) is 4.68 Å². The van der Waals surface area contributed by atoms with Crippen molar-refractivity contribution in [3.8, 4) is 0 Å². The van der Waals surface area contributed by atoms with E-state index in [1.807, 2.05) is 0 Å². The van der Waals surface area contributed by atoms with Crippen LogP contribution >= 0.6 is 0 Å². The van der Waals surface area contributed by atoms with Gasteiger partial charge in [-0.2, -0.15) is 5.10 Å². The van der Waals surface area contributed by atoms with Crippen molar-refractivity contribution in [1.29, 1.82) is 0 Å². The van der Waals surface area contributed by atoms with Crippen LogP contribution in [-0.4, -0.2) is 40.9 Å². The quantitative estimate of drug-likeness (QED) is 0.859. The third-order valence-electron chi connectivity index (χ3n) is 4.77. The smallest absolute Gasteiger partial charge is 0.112 e. The van der Waals surface area contributed by atoms with Gasteiger partial charge in [0.2, 0.25) is 0 Å². The molecule has 0 radical (unpaired) electrons. The minimum atomic E-state index is 0.154. The Morgan fingerprint density at radius 3 is 3.00 bits per heavy atom. The van der Waals surface area contributed by atoms with Gasteiger partial charge in [0.05, 0.1) is 24.4 Å². The van der Waals surface area contributed by atoms with Gasteiger partial charge in [-0.25, -0.2) is 0 Å². The van der Waals surface area contributed by atoms with E-state index in [0.29, 0.717) is 0 Å². The summed E-state index contributed by atoms with van der Waals surface area (Å²) in [6.07, 6.45) is 4.20. The van der Waals surface area contributed by atoms with E-state index in [-0.39, 0.29) is 6.10 Å². The van der Waals surface area contributed by atoms with E-state index >= 15 is 0 Å². The topological polar surface area (TPSA) is 30.3 Å². The maximum atomic E-state index is 6.06. The molecule has 0 amide bonds. The summed E-state index contributed by atoms with van der Waals surface area (Å²) in [5, 5.41) is 5.96. The van der Waals surface area contributed by atoms with Crippen molar-refractivity contribution < 1.29 is 4.74 Å². The molecule has 1 saturated carbocycles. The first-order valence-corrected chi connectivity index (χ1v) is 7.60. The first-order valence-electron chi connectivity index (χ1n) is 7.60. The summed E-state index contributed by atoms with van der Waals surface area (Å²) >= 11 is 0. The molecule has 0 N–H and O–H groups in total. The van der Waals surface area contributed by atoms with Crippen LogP contribution in [-0.2, 0) is 11.3 Å². The molecule has 0 spiro atoms. The molecule has 1 unspecified atom stereocenters. The van der Waals surface area contributed by atoms with Crippen molar-refractivity contribution in [1.82, 2.24) is 14.7 Å². The highest BCUT2D eigenvalue weighted by atomic mass is 16.5. The zero-order valence-electron chi connectivity index (χ0n) is 12.0. The summed E-state index contributed by atoms with van der Waals surface area (Å²) in [6.45, 7) is 2.61. The average Bonchev–Trinajstić information content (AvgIpc) is 2.75. The second-order valence-electron chi connectivity index (χ2n) is 6.01. The second kappa shape index (κ2) is 4.86. The molecule has 4 heteroatoms. The van der Waals surface area contributed by atoms with Crippen molar-refractivity contribution in [3.05, 3.63) is 30.0 Å². The molecule has 1 aliphatic heterocycles. The number of benzene rings is 1. The number of hydrogen-bond donors (Lipinski definition) is 0. The number of rotatable bonds is 3. The summed E-state index contributed by atoms with van der Waals surface area (Å²) in [6, 6.07) is 9.15. The minimum absolute atomic E-state index is 0.154. The zero-order chi connectivity index (χ0) is 13.5. The molecule has 4 nitrogen and oxygen atoms in total. The molecule has 0 saturated heterocycles. The molecule has 1 fully saturated rings. The van der Waals surface area contributed by atoms with E-state index < -0.39 is 0 Å². The summed E-state index contributed by atoms with van der Waals surface area (Å²) in [4.78, 5) is 2.46. The van der Waals surface area contributed by atoms with Crippen LogP contribution < -0.4 is 0 Å². The molecule has 0 bridgehead atoms. The molecule has 1 atom stereocenters. The lowest BCUT2D eigenvalue weighted by molar-refractivity contribution is -0.0137. The maximum absolute atomic E-state index is 6.06. The Hall–Kier alpha value is -1.39. The van der Waals surface area contributed by atoms with Crippen LogP contribution in [0, 0.1) is 0 Å². The SMILES string of the molecule is CN(CC1OCCn2nc3ccccc3c21)C1CCC1. The van der Waals surface area contributed by atoms with Crippen molar-refractivity contribution in [2.45, 2.75) is 38.0 Å². The Morgan fingerprint density at radius 2 is 2.20 bits per heavy atom. The fraction of sp³-hybridized carbons (Fsp3) is 0.562. The summed E-state index contributed by atoms with van der Waals surface area (Å²) in [5.41, 5.74) is 2.35. The van der Waals surface area contributed by atoms with Gasteiger partial charge in [-0.05, 0) is 26.0 Å². The van der Waals surface area contributed by atoms with Gasteiger partial charge in [0.1, 0.15) is 6.10 Å². The first-order chi connectivity index (χ1) is 9.83. The fourth-order valence-corrected chi connectivity index (χ4v) is 3.35. The second-order valence-corrected chi connectivity index (χ2v) is 6.01. The predicted octanol–water partition coefficient (Wildman–Crippen LogP) is 2.59. The van der Waals surface area contributed by atoms with E-state index in [0.717, 1.165) is 31.3 Å². The van der Waals surface area contributed by atoms with Gasteiger partial charge in [-0.1, -0.05) is 24.6 Å². The highest BCUT2D eigenvalue weighted by Gasteiger charge is 2.29. The number of aromatic nitrogens is 2. The van der Waals surface area contributed by atoms with Crippen LogP contribution in [0.5, 0.6) is 0 Å². The number of hydrogen-bond acceptors (Lipinski definition) is 3. The number of nitrogens with zero attached hydrogens (tertiary/aromatic N) is 3. The highest BCUT2D eigenvalue weighted by molar-refractivity contribution is 5.82. The van der Waals surface area contributed by atoms with Crippen molar-refractivity contribution >= 4 is 10.9 Å². The van der Waals surface area contributed by atoms with E-state index in [1.54, 1.807) is 0 Å². The average molecular weight is 271 g/mol. The predicted molar refractivity (Wildman–Crippen MR) is 78.7 cm³/mol. The first kappa shape index (κ1) is 12.4. The molecule has 2 aromatic rings. The maximum Gasteiger partial charge on any atom is 0.112 e. The Morgan fingerprint density at radius 1 is 1.35 bits per heavy atom. The normalized spacial score (nSPS) is 23.0. The lowest BCUT2D eigenvalue weighted by Gasteiger charge is -2.37. The molecule has 106 valence electrons. The van der Waals surface area contributed by atoms with Gasteiger partial charge in [0, 0.05) is 18.0 Å². The third kappa shape index (κ3) is 1.95. The van der Waals surface area contributed by atoms with Gasteiger partial charge in [0.25, 0.3) is 0 Å². The molecule has 2 aliphatic rings. The van der Waals surface area contributed by atoms with Gasteiger partial charge in [-0.15, -0.1) is 0 Å². The van der Waals surface area contributed by atoms with Gasteiger partial charge < -0.3 is 9.64 Å². The lowest BCUT2D eigenvalue weighted by atomic mass is 9.91. The Labute approximate surface area is 119 Å². The lowest BCUT2D eigenvalue weighted by Crippen LogP contribution is -2.41.